The van der Waals surface area contributed by atoms with Crippen LogP contribution in [0.5, 0.6) is 0 Å². The third-order valence-corrected chi connectivity index (χ3v) is 4.78. The van der Waals surface area contributed by atoms with Crippen LogP contribution in [0, 0.1) is 0 Å². The maximum Gasteiger partial charge on any atom is 0.256 e. The Morgan fingerprint density at radius 2 is 1.73 bits per heavy atom. The zero-order chi connectivity index (χ0) is 18.7. The van der Waals surface area contributed by atoms with Gasteiger partial charge >= 0.3 is 0 Å². The molecule has 0 aliphatic heterocycles. The quantitative estimate of drug-likeness (QED) is 0.732. The van der Waals surface area contributed by atoms with Crippen LogP contribution in [0.3, 0.4) is 0 Å². The Morgan fingerprint density at radius 1 is 1.08 bits per heavy atom. The second-order valence-electron chi connectivity index (χ2n) is 7.41. The van der Waals surface area contributed by atoms with Gasteiger partial charge in [0.2, 0.25) is 5.43 Å². The third kappa shape index (κ3) is 3.69. The van der Waals surface area contributed by atoms with E-state index in [4.69, 9.17) is 0 Å². The maximum absolute atomic E-state index is 12.6. The van der Waals surface area contributed by atoms with Crippen molar-refractivity contribution in [1.29, 1.82) is 0 Å². The molecule has 0 unspecified atom stereocenters. The Hall–Kier alpha value is -2.88. The number of rotatable bonds is 5. The number of carbonyl (C=O) groups excluding carboxylic acids is 1. The smallest absolute Gasteiger partial charge is 0.256 e. The molecule has 26 heavy (non-hydrogen) atoms. The molecule has 2 N–H and O–H groups in total. The Labute approximate surface area is 153 Å². The summed E-state index contributed by atoms with van der Waals surface area (Å²) in [5.41, 5.74) is 1.78. The topological polar surface area (TPSA) is 62.0 Å². The molecule has 0 fully saturated rings. The summed E-state index contributed by atoms with van der Waals surface area (Å²) < 4.78 is 0. The zero-order valence-corrected chi connectivity index (χ0v) is 15.4. The largest absolute Gasteiger partial charge is 0.360 e. The number of aromatic amines is 1. The van der Waals surface area contributed by atoms with Crippen LogP contribution in [0.1, 0.15) is 43.1 Å². The van der Waals surface area contributed by atoms with Crippen LogP contribution in [-0.4, -0.2) is 16.9 Å². The lowest BCUT2D eigenvalue weighted by molar-refractivity contribution is 0.0933. The number of pyridine rings is 1. The lowest BCUT2D eigenvalue weighted by Crippen LogP contribution is -2.39. The van der Waals surface area contributed by atoms with Gasteiger partial charge in [0.1, 0.15) is 5.56 Å². The van der Waals surface area contributed by atoms with E-state index in [1.807, 2.05) is 37.3 Å². The molecule has 4 nitrogen and oxygen atoms in total. The summed E-state index contributed by atoms with van der Waals surface area (Å²) in [5, 5.41) is 3.49. The van der Waals surface area contributed by atoms with E-state index in [0.29, 0.717) is 5.39 Å². The predicted octanol–water partition coefficient (Wildman–Crippen LogP) is 4.01. The molecule has 3 aromatic rings. The second-order valence-corrected chi connectivity index (χ2v) is 7.41. The van der Waals surface area contributed by atoms with Gasteiger partial charge in [0.05, 0.1) is 0 Å². The molecule has 0 bridgehead atoms. The first kappa shape index (κ1) is 17.9. The Kier molecular flexibility index (Phi) is 4.94. The van der Waals surface area contributed by atoms with Gasteiger partial charge in [0, 0.05) is 23.1 Å². The fraction of sp³-hybridized carbons (Fsp3) is 0.273. The van der Waals surface area contributed by atoms with E-state index in [0.717, 1.165) is 11.9 Å². The van der Waals surface area contributed by atoms with Crippen molar-refractivity contribution in [3.63, 3.8) is 0 Å². The lowest BCUT2D eigenvalue weighted by atomic mass is 9.79. The maximum atomic E-state index is 12.6. The van der Waals surface area contributed by atoms with Crippen LogP contribution in [0.15, 0.2) is 65.6 Å². The summed E-state index contributed by atoms with van der Waals surface area (Å²) in [7, 11) is 0. The SMILES string of the molecule is C[C@@H](CC(C)(C)c1ccccc1)NC(=O)c1c[nH]c2ccccc2c1=O. The van der Waals surface area contributed by atoms with Crippen molar-refractivity contribution in [2.75, 3.05) is 0 Å². The molecule has 1 heterocycles. The number of benzene rings is 2. The van der Waals surface area contributed by atoms with E-state index < -0.39 is 0 Å². The van der Waals surface area contributed by atoms with E-state index >= 15 is 0 Å². The number of amides is 1. The molecule has 2 aromatic carbocycles. The molecule has 0 aliphatic rings. The first-order valence-electron chi connectivity index (χ1n) is 8.85. The van der Waals surface area contributed by atoms with Gasteiger partial charge in [-0.3, -0.25) is 9.59 Å². The normalized spacial score (nSPS) is 12.7. The van der Waals surface area contributed by atoms with Gasteiger partial charge in [-0.1, -0.05) is 56.3 Å². The van der Waals surface area contributed by atoms with Crippen molar-refractivity contribution in [3.05, 3.63) is 82.1 Å². The summed E-state index contributed by atoms with van der Waals surface area (Å²) in [6, 6.07) is 17.4. The first-order chi connectivity index (χ1) is 12.4. The number of hydrogen-bond acceptors (Lipinski definition) is 2. The van der Waals surface area contributed by atoms with Gasteiger partial charge in [0.15, 0.2) is 0 Å². The Morgan fingerprint density at radius 3 is 2.46 bits per heavy atom. The molecule has 0 saturated carbocycles. The fourth-order valence-corrected chi connectivity index (χ4v) is 3.46. The Bertz CT molecular complexity index is 974. The number of aromatic nitrogens is 1. The zero-order valence-electron chi connectivity index (χ0n) is 15.4. The molecular formula is C22H24N2O2. The second kappa shape index (κ2) is 7.16. The molecule has 0 saturated heterocycles. The summed E-state index contributed by atoms with van der Waals surface area (Å²) in [6.07, 6.45) is 2.27. The molecule has 134 valence electrons. The highest BCUT2D eigenvalue weighted by molar-refractivity contribution is 5.97. The van der Waals surface area contributed by atoms with Crippen LogP contribution < -0.4 is 10.7 Å². The lowest BCUT2D eigenvalue weighted by Gasteiger charge is -2.29. The molecule has 1 aromatic heterocycles. The molecule has 3 rings (SSSR count). The van der Waals surface area contributed by atoms with Gasteiger partial charge in [-0.15, -0.1) is 0 Å². The molecule has 1 atom stereocenters. The minimum absolute atomic E-state index is 0.0661. The van der Waals surface area contributed by atoms with E-state index in [-0.39, 0.29) is 28.4 Å². The summed E-state index contributed by atoms with van der Waals surface area (Å²) >= 11 is 0. The minimum Gasteiger partial charge on any atom is -0.360 e. The Balaban J connectivity index is 1.76. The van der Waals surface area contributed by atoms with Crippen molar-refractivity contribution in [1.82, 2.24) is 10.3 Å². The number of para-hydroxylation sites is 1. The number of fused-ring (bicyclic) bond motifs is 1. The van der Waals surface area contributed by atoms with Crippen molar-refractivity contribution in [2.24, 2.45) is 0 Å². The van der Waals surface area contributed by atoms with Crippen LogP contribution in [0.2, 0.25) is 0 Å². The molecule has 0 spiro atoms. The first-order valence-corrected chi connectivity index (χ1v) is 8.85. The highest BCUT2D eigenvalue weighted by Gasteiger charge is 2.24. The summed E-state index contributed by atoms with van der Waals surface area (Å²) in [5.74, 6) is -0.339. The molecule has 4 heteroatoms. The average molecular weight is 348 g/mol. The van der Waals surface area contributed by atoms with E-state index in [9.17, 15) is 9.59 Å². The standard InChI is InChI=1S/C22H24N2O2/c1-15(13-22(2,3)16-9-5-4-6-10-16)24-21(26)18-14-23-19-12-8-7-11-17(19)20(18)25/h4-12,14-15H,13H2,1-3H3,(H,23,25)(H,24,26)/t15-/m0/s1. The van der Waals surface area contributed by atoms with Crippen LogP contribution in [-0.2, 0) is 5.41 Å². The van der Waals surface area contributed by atoms with Crippen molar-refractivity contribution in [3.8, 4) is 0 Å². The van der Waals surface area contributed by atoms with Crippen molar-refractivity contribution in [2.45, 2.75) is 38.6 Å². The average Bonchev–Trinajstić information content (AvgIpc) is 2.62. The van der Waals surface area contributed by atoms with Crippen LogP contribution >= 0.6 is 0 Å². The summed E-state index contributed by atoms with van der Waals surface area (Å²) in [4.78, 5) is 28.2. The highest BCUT2D eigenvalue weighted by atomic mass is 16.2. The van der Waals surface area contributed by atoms with Gasteiger partial charge in [-0.2, -0.15) is 0 Å². The minimum atomic E-state index is -0.339. The van der Waals surface area contributed by atoms with E-state index in [1.165, 1.54) is 11.8 Å². The fourth-order valence-electron chi connectivity index (χ4n) is 3.46. The summed E-state index contributed by atoms with van der Waals surface area (Å²) in [6.45, 7) is 6.29. The van der Waals surface area contributed by atoms with Crippen molar-refractivity contribution < 1.29 is 4.79 Å². The van der Waals surface area contributed by atoms with Crippen molar-refractivity contribution >= 4 is 16.8 Å². The number of H-pyrrole nitrogens is 1. The third-order valence-electron chi connectivity index (χ3n) is 4.78. The highest BCUT2D eigenvalue weighted by Crippen LogP contribution is 2.28. The van der Waals surface area contributed by atoms with Gasteiger partial charge in [0.25, 0.3) is 5.91 Å². The predicted molar refractivity (Wildman–Crippen MR) is 106 cm³/mol. The van der Waals surface area contributed by atoms with E-state index in [2.05, 4.69) is 36.3 Å². The van der Waals surface area contributed by atoms with E-state index in [1.54, 1.807) is 12.1 Å². The molecule has 0 aliphatic carbocycles. The van der Waals surface area contributed by atoms with Crippen LogP contribution in [0.25, 0.3) is 10.9 Å². The monoisotopic (exact) mass is 348 g/mol. The molecule has 1 amide bonds. The van der Waals surface area contributed by atoms with Gasteiger partial charge < -0.3 is 10.3 Å². The number of carbonyl (C=O) groups is 1. The van der Waals surface area contributed by atoms with Gasteiger partial charge in [-0.25, -0.2) is 0 Å². The van der Waals surface area contributed by atoms with Gasteiger partial charge in [-0.05, 0) is 36.5 Å². The van der Waals surface area contributed by atoms with Crippen LogP contribution in [0.4, 0.5) is 0 Å². The molecular weight excluding hydrogens is 324 g/mol. The molecule has 0 radical (unpaired) electrons. The number of hydrogen-bond donors (Lipinski definition) is 2. The number of nitrogens with one attached hydrogen (secondary N) is 2.